The third kappa shape index (κ3) is 3.85. The maximum Gasteiger partial charge on any atom is 0.168 e. The van der Waals surface area contributed by atoms with Crippen molar-refractivity contribution in [2.24, 2.45) is 0 Å². The number of hydrogen-bond acceptors (Lipinski definition) is 6. The second kappa shape index (κ2) is 8.41. The number of nitrogens with one attached hydrogen (secondary N) is 2. The summed E-state index contributed by atoms with van der Waals surface area (Å²) in [5.74, 6) is 1.69. The van der Waals surface area contributed by atoms with Crippen molar-refractivity contribution < 1.29 is 19.5 Å². The number of hydrogen-bond donors (Lipinski definition) is 3. The van der Waals surface area contributed by atoms with Gasteiger partial charge >= 0.3 is 0 Å². The van der Waals surface area contributed by atoms with E-state index in [1.54, 1.807) is 12.1 Å². The number of para-hydroxylation sites is 2. The number of benzene rings is 2. The van der Waals surface area contributed by atoms with Gasteiger partial charge in [-0.15, -0.1) is 0 Å². The van der Waals surface area contributed by atoms with Gasteiger partial charge < -0.3 is 24.8 Å². The van der Waals surface area contributed by atoms with E-state index in [2.05, 4.69) is 10.3 Å². The maximum atomic E-state index is 10.5. The number of phenolic OH excluding ortho intramolecular Hbond substituents is 1. The van der Waals surface area contributed by atoms with E-state index in [1.165, 1.54) is 12.0 Å². The minimum Gasteiger partial charge on any atom is -0.504 e. The number of aromatic hydroxyl groups is 1. The summed E-state index contributed by atoms with van der Waals surface area (Å²) in [5, 5.41) is 14.9. The highest BCUT2D eigenvalue weighted by molar-refractivity contribution is 5.91. The molecule has 0 atom stereocenters. The van der Waals surface area contributed by atoms with Gasteiger partial charge in [-0.3, -0.25) is 0 Å². The summed E-state index contributed by atoms with van der Waals surface area (Å²) in [7, 11) is 1.53. The van der Waals surface area contributed by atoms with Crippen molar-refractivity contribution in [1.29, 1.82) is 0 Å². The van der Waals surface area contributed by atoms with E-state index in [1.807, 2.05) is 30.3 Å². The summed E-state index contributed by atoms with van der Waals surface area (Å²) in [5.41, 5.74) is 1.38. The number of methoxy groups -OCH3 is 1. The molecule has 0 radical (unpaired) electrons. The highest BCUT2D eigenvalue weighted by atomic mass is 16.5. The summed E-state index contributed by atoms with van der Waals surface area (Å²) >= 11 is 0. The third-order valence-electron chi connectivity index (χ3n) is 5.03. The van der Waals surface area contributed by atoms with Crippen molar-refractivity contribution in [2.45, 2.75) is 0 Å². The zero-order valence-electron chi connectivity index (χ0n) is 15.9. The molecule has 0 spiro atoms. The first-order valence-corrected chi connectivity index (χ1v) is 9.54. The highest BCUT2D eigenvalue weighted by Crippen LogP contribution is 2.36. The van der Waals surface area contributed by atoms with Gasteiger partial charge in [0.25, 0.3) is 0 Å². The Bertz CT molecular complexity index is 958. The summed E-state index contributed by atoms with van der Waals surface area (Å²) in [6.07, 6.45) is 0. The van der Waals surface area contributed by atoms with E-state index in [-0.39, 0.29) is 5.75 Å². The molecule has 1 saturated heterocycles. The Hall–Kier alpha value is -2.90. The first kappa shape index (κ1) is 18.5. The smallest absolute Gasteiger partial charge is 0.168 e. The molecule has 2 aromatic carbocycles. The molecule has 7 nitrogen and oxygen atoms in total. The average Bonchev–Trinajstić information content (AvgIpc) is 2.74. The van der Waals surface area contributed by atoms with E-state index >= 15 is 0 Å². The lowest BCUT2D eigenvalue weighted by Gasteiger charge is -2.24. The van der Waals surface area contributed by atoms with Crippen LogP contribution in [0.15, 0.2) is 42.5 Å². The van der Waals surface area contributed by atoms with Gasteiger partial charge in [-0.05, 0) is 24.3 Å². The number of phenols is 1. The number of aromatic nitrogens is 2. The van der Waals surface area contributed by atoms with Gasteiger partial charge in [-0.25, -0.2) is 9.97 Å². The maximum absolute atomic E-state index is 10.5. The van der Waals surface area contributed by atoms with Crippen molar-refractivity contribution in [3.63, 3.8) is 0 Å². The Balaban J connectivity index is 1.64. The topological polar surface area (TPSA) is 80.9 Å². The predicted molar refractivity (Wildman–Crippen MR) is 108 cm³/mol. The average molecular weight is 381 g/mol. The van der Waals surface area contributed by atoms with Gasteiger partial charge in [-0.2, -0.15) is 0 Å². The fourth-order valence-electron chi connectivity index (χ4n) is 3.47. The lowest BCUT2D eigenvalue weighted by molar-refractivity contribution is -0.906. The molecule has 4 rings (SSSR count). The van der Waals surface area contributed by atoms with Gasteiger partial charge in [0.15, 0.2) is 17.3 Å². The van der Waals surface area contributed by atoms with Gasteiger partial charge in [0.05, 0.1) is 44.5 Å². The van der Waals surface area contributed by atoms with Crippen LogP contribution in [-0.4, -0.2) is 61.6 Å². The molecule has 2 heterocycles. The molecule has 0 saturated carbocycles. The molecule has 28 heavy (non-hydrogen) atoms. The van der Waals surface area contributed by atoms with Crippen molar-refractivity contribution in [3.8, 4) is 22.9 Å². The molecule has 7 heteroatoms. The minimum atomic E-state index is 0.0454. The Labute approximate surface area is 163 Å². The minimum absolute atomic E-state index is 0.0454. The molecule has 1 aromatic heterocycles. The fraction of sp³-hybridized carbons (Fsp3) is 0.333. The number of anilines is 1. The molecule has 0 bridgehead atoms. The molecule has 0 amide bonds. The van der Waals surface area contributed by atoms with Crippen molar-refractivity contribution in [2.75, 3.05) is 51.8 Å². The zero-order valence-corrected chi connectivity index (χ0v) is 15.9. The second-order valence-corrected chi connectivity index (χ2v) is 6.81. The molecular formula is C21H25N4O3+. The predicted octanol–water partition coefficient (Wildman–Crippen LogP) is 1.34. The van der Waals surface area contributed by atoms with Crippen molar-refractivity contribution in [1.82, 2.24) is 9.97 Å². The van der Waals surface area contributed by atoms with Crippen LogP contribution in [-0.2, 0) is 4.74 Å². The van der Waals surface area contributed by atoms with E-state index in [9.17, 15) is 5.11 Å². The third-order valence-corrected chi connectivity index (χ3v) is 5.03. The lowest BCUT2D eigenvalue weighted by atomic mass is 10.1. The van der Waals surface area contributed by atoms with Crippen LogP contribution in [0.5, 0.6) is 11.5 Å². The first-order valence-electron chi connectivity index (χ1n) is 9.54. The largest absolute Gasteiger partial charge is 0.504 e. The Morgan fingerprint density at radius 3 is 2.75 bits per heavy atom. The second-order valence-electron chi connectivity index (χ2n) is 6.81. The number of morpholine rings is 1. The van der Waals surface area contributed by atoms with Crippen molar-refractivity contribution in [3.05, 3.63) is 42.5 Å². The van der Waals surface area contributed by atoms with Crippen LogP contribution in [0.25, 0.3) is 22.3 Å². The van der Waals surface area contributed by atoms with Crippen LogP contribution >= 0.6 is 0 Å². The normalized spacial score (nSPS) is 14.9. The van der Waals surface area contributed by atoms with E-state index < -0.39 is 0 Å². The Kier molecular flexibility index (Phi) is 5.55. The van der Waals surface area contributed by atoms with Crippen LogP contribution in [0, 0.1) is 0 Å². The van der Waals surface area contributed by atoms with Gasteiger partial charge in [0.2, 0.25) is 0 Å². The molecule has 3 aromatic rings. The standard InChI is InChI=1S/C21H24N4O3/c1-27-18-8-4-6-16(19(18)26)21-23-17-7-3-2-5-15(17)20(24-21)22-9-10-25-11-13-28-14-12-25/h2-8,26H,9-14H2,1H3,(H,22,23,24)/p+1. The van der Waals surface area contributed by atoms with E-state index in [0.717, 1.165) is 56.1 Å². The number of fused-ring (bicyclic) bond motifs is 1. The molecule has 1 aliphatic rings. The van der Waals surface area contributed by atoms with Crippen molar-refractivity contribution >= 4 is 16.7 Å². The molecule has 1 fully saturated rings. The summed E-state index contributed by atoms with van der Waals surface area (Å²) in [4.78, 5) is 10.9. The molecule has 0 unspecified atom stereocenters. The molecular weight excluding hydrogens is 356 g/mol. The van der Waals surface area contributed by atoms with Crippen LogP contribution in [0.3, 0.4) is 0 Å². The fourth-order valence-corrected chi connectivity index (χ4v) is 3.47. The van der Waals surface area contributed by atoms with Gasteiger partial charge in [0.1, 0.15) is 18.9 Å². The van der Waals surface area contributed by atoms with E-state index in [4.69, 9.17) is 14.5 Å². The number of quaternary nitrogens is 1. The van der Waals surface area contributed by atoms with Gasteiger partial charge in [0, 0.05) is 5.39 Å². The van der Waals surface area contributed by atoms with Crippen LogP contribution in [0.2, 0.25) is 0 Å². The Morgan fingerprint density at radius 1 is 1.11 bits per heavy atom. The number of rotatable bonds is 6. The SMILES string of the molecule is COc1cccc(-c2nc(NCC[NH+]3CCOCC3)c3ccccc3n2)c1O. The quantitative estimate of drug-likeness (QED) is 0.598. The van der Waals surface area contributed by atoms with Gasteiger partial charge in [-0.1, -0.05) is 18.2 Å². The Morgan fingerprint density at radius 2 is 1.93 bits per heavy atom. The monoisotopic (exact) mass is 381 g/mol. The van der Waals surface area contributed by atoms with Crippen LogP contribution in [0.4, 0.5) is 5.82 Å². The number of nitrogens with zero attached hydrogens (tertiary/aromatic N) is 2. The zero-order chi connectivity index (χ0) is 19.3. The summed E-state index contributed by atoms with van der Waals surface area (Å²) < 4.78 is 10.6. The summed E-state index contributed by atoms with van der Waals surface area (Å²) in [6, 6.07) is 13.2. The first-order chi connectivity index (χ1) is 13.8. The molecule has 0 aliphatic carbocycles. The molecule has 146 valence electrons. The highest BCUT2D eigenvalue weighted by Gasteiger charge is 2.16. The molecule has 3 N–H and O–H groups in total. The van der Waals surface area contributed by atoms with Crippen LogP contribution in [0.1, 0.15) is 0 Å². The summed E-state index contributed by atoms with van der Waals surface area (Å²) in [6.45, 7) is 5.53. The van der Waals surface area contributed by atoms with E-state index in [0.29, 0.717) is 17.1 Å². The lowest BCUT2D eigenvalue weighted by Crippen LogP contribution is -3.14. The molecule has 1 aliphatic heterocycles. The number of ether oxygens (including phenoxy) is 2. The van der Waals surface area contributed by atoms with Crippen LogP contribution < -0.4 is 15.0 Å².